The zero-order chi connectivity index (χ0) is 13.3. The summed E-state index contributed by atoms with van der Waals surface area (Å²) in [6.45, 7) is 6.59. The van der Waals surface area contributed by atoms with Gasteiger partial charge in [0.2, 0.25) is 0 Å². The molecule has 0 amide bonds. The van der Waals surface area contributed by atoms with Gasteiger partial charge in [-0.3, -0.25) is 0 Å². The summed E-state index contributed by atoms with van der Waals surface area (Å²) < 4.78 is 0. The smallest absolute Gasteiger partial charge is 0.0656 e. The molecule has 0 radical (unpaired) electrons. The van der Waals surface area contributed by atoms with Crippen LogP contribution in [0.4, 0.5) is 0 Å². The van der Waals surface area contributed by atoms with Gasteiger partial charge in [-0.15, -0.1) is 0 Å². The van der Waals surface area contributed by atoms with E-state index in [1.54, 1.807) is 0 Å². The topological polar surface area (TPSA) is 60.7 Å². The minimum atomic E-state index is -0.335. The lowest BCUT2D eigenvalue weighted by molar-refractivity contribution is 0.0488. The Kier molecular flexibility index (Phi) is 2.38. The summed E-state index contributed by atoms with van der Waals surface area (Å²) in [5.41, 5.74) is 0.742. The third kappa shape index (κ3) is 1.21. The van der Waals surface area contributed by atoms with Crippen LogP contribution >= 0.6 is 0 Å². The molecule has 3 nitrogen and oxygen atoms in total. The molecule has 18 heavy (non-hydrogen) atoms. The lowest BCUT2D eigenvalue weighted by Crippen LogP contribution is -2.36. The van der Waals surface area contributed by atoms with Crippen LogP contribution < -0.4 is 0 Å². The fourth-order valence-corrected chi connectivity index (χ4v) is 4.90. The van der Waals surface area contributed by atoms with Crippen LogP contribution in [0.3, 0.4) is 0 Å². The highest BCUT2D eigenvalue weighted by Gasteiger charge is 2.73. The summed E-state index contributed by atoms with van der Waals surface area (Å²) in [5, 5.41) is 29.8. The third-order valence-corrected chi connectivity index (χ3v) is 6.28. The second kappa shape index (κ2) is 3.38. The second-order valence-corrected chi connectivity index (χ2v) is 7.51. The summed E-state index contributed by atoms with van der Waals surface area (Å²) in [5.74, 6) is 0.583. The van der Waals surface area contributed by atoms with Gasteiger partial charge in [0.15, 0.2) is 0 Å². The first-order valence-corrected chi connectivity index (χ1v) is 6.93. The van der Waals surface area contributed by atoms with Gasteiger partial charge < -0.3 is 15.3 Å². The van der Waals surface area contributed by atoms with Gasteiger partial charge in [-0.25, -0.2) is 0 Å². The van der Waals surface area contributed by atoms with Crippen LogP contribution in [0.15, 0.2) is 11.6 Å². The molecular formula is C15H24O3. The van der Waals surface area contributed by atoms with E-state index >= 15 is 0 Å². The van der Waals surface area contributed by atoms with E-state index < -0.39 is 0 Å². The molecule has 102 valence electrons. The number of fused-ring (bicyclic) bond motifs is 3. The first-order valence-electron chi connectivity index (χ1n) is 6.93. The first kappa shape index (κ1) is 12.6. The van der Waals surface area contributed by atoms with Crippen LogP contribution in [-0.2, 0) is 0 Å². The Morgan fingerprint density at radius 3 is 2.50 bits per heavy atom. The van der Waals surface area contributed by atoms with Gasteiger partial charge >= 0.3 is 0 Å². The molecule has 3 N–H and O–H groups in total. The van der Waals surface area contributed by atoms with E-state index in [1.165, 1.54) is 0 Å². The molecule has 2 fully saturated rings. The predicted molar refractivity (Wildman–Crippen MR) is 68.8 cm³/mol. The number of hydrogen-bond acceptors (Lipinski definition) is 3. The van der Waals surface area contributed by atoms with Crippen molar-refractivity contribution in [2.45, 2.75) is 39.7 Å². The highest BCUT2D eigenvalue weighted by Crippen LogP contribution is 2.77. The number of aliphatic hydroxyl groups is 3. The Morgan fingerprint density at radius 2 is 1.94 bits per heavy atom. The van der Waals surface area contributed by atoms with Crippen molar-refractivity contribution in [2.75, 3.05) is 13.2 Å². The van der Waals surface area contributed by atoms with Crippen molar-refractivity contribution < 1.29 is 15.3 Å². The number of rotatable bonds is 2. The minimum absolute atomic E-state index is 0.00647. The largest absolute Gasteiger partial charge is 0.395 e. The van der Waals surface area contributed by atoms with Crippen molar-refractivity contribution in [3.63, 3.8) is 0 Å². The molecule has 3 heteroatoms. The van der Waals surface area contributed by atoms with E-state index in [9.17, 15) is 15.3 Å². The highest BCUT2D eigenvalue weighted by molar-refractivity contribution is 5.38. The van der Waals surface area contributed by atoms with Crippen LogP contribution in [0, 0.1) is 28.1 Å². The van der Waals surface area contributed by atoms with Gasteiger partial charge in [0.05, 0.1) is 19.3 Å². The zero-order valence-corrected chi connectivity index (χ0v) is 11.5. The second-order valence-electron chi connectivity index (χ2n) is 7.51. The van der Waals surface area contributed by atoms with E-state index in [0.29, 0.717) is 5.92 Å². The molecule has 0 aromatic heterocycles. The summed E-state index contributed by atoms with van der Waals surface area (Å²) >= 11 is 0. The van der Waals surface area contributed by atoms with E-state index in [0.717, 1.165) is 18.4 Å². The van der Waals surface area contributed by atoms with Crippen LogP contribution in [0.1, 0.15) is 33.6 Å². The van der Waals surface area contributed by atoms with Gasteiger partial charge in [-0.1, -0.05) is 26.8 Å². The lowest BCUT2D eigenvalue weighted by atomic mass is 9.69. The van der Waals surface area contributed by atoms with Gasteiger partial charge in [0.25, 0.3) is 0 Å². The average molecular weight is 252 g/mol. The Bertz CT molecular complexity index is 414. The normalized spacial score (nSPS) is 52.6. The van der Waals surface area contributed by atoms with Crippen molar-refractivity contribution in [3.8, 4) is 0 Å². The molecular weight excluding hydrogens is 228 g/mol. The van der Waals surface area contributed by atoms with Gasteiger partial charge in [-0.2, -0.15) is 0 Å². The molecule has 0 aromatic carbocycles. The van der Waals surface area contributed by atoms with E-state index in [-0.39, 0.29) is 41.5 Å². The SMILES string of the molecule is CC1(C)C[C@H]2[C@H](C=C(CO)[C@]3(CO)C[C@]23C)[C@H]1O. The van der Waals surface area contributed by atoms with Crippen molar-refractivity contribution in [3.05, 3.63) is 11.6 Å². The van der Waals surface area contributed by atoms with Crippen molar-refractivity contribution in [1.82, 2.24) is 0 Å². The van der Waals surface area contributed by atoms with Crippen LogP contribution in [-0.4, -0.2) is 34.6 Å². The Labute approximate surface area is 109 Å². The molecule has 0 aliphatic heterocycles. The third-order valence-electron chi connectivity index (χ3n) is 6.28. The molecule has 3 rings (SSSR count). The molecule has 3 aliphatic rings. The molecule has 0 aromatic rings. The van der Waals surface area contributed by atoms with Gasteiger partial charge in [0, 0.05) is 11.3 Å². The molecule has 0 heterocycles. The van der Waals surface area contributed by atoms with Gasteiger partial charge in [0.1, 0.15) is 0 Å². The molecule has 3 aliphatic carbocycles. The standard InChI is InChI=1S/C15H24O3/c1-13(2)5-11-10(12(13)18)4-9(6-16)15(8-17)7-14(11,15)3/h4,10-12,16-18H,5-8H2,1-3H3/t10-,11-,12+,14+,15+/m0/s1. The van der Waals surface area contributed by atoms with E-state index in [4.69, 9.17) is 0 Å². The van der Waals surface area contributed by atoms with Crippen molar-refractivity contribution in [2.24, 2.45) is 28.1 Å². The number of aliphatic hydroxyl groups excluding tert-OH is 3. The fourth-order valence-electron chi connectivity index (χ4n) is 4.90. The monoisotopic (exact) mass is 252 g/mol. The fraction of sp³-hybridized carbons (Fsp3) is 0.867. The maximum atomic E-state index is 10.5. The predicted octanol–water partition coefficient (Wildman–Crippen LogP) is 1.33. The van der Waals surface area contributed by atoms with E-state index in [1.807, 2.05) is 0 Å². The lowest BCUT2D eigenvalue weighted by Gasteiger charge is -2.36. The van der Waals surface area contributed by atoms with Crippen LogP contribution in [0.5, 0.6) is 0 Å². The Hall–Kier alpha value is -0.380. The summed E-state index contributed by atoms with van der Waals surface area (Å²) in [6.07, 6.45) is 3.69. The first-order chi connectivity index (χ1) is 8.32. The molecule has 2 saturated carbocycles. The molecule has 0 bridgehead atoms. The Morgan fingerprint density at radius 1 is 1.28 bits per heavy atom. The summed E-state index contributed by atoms with van der Waals surface area (Å²) in [4.78, 5) is 0. The zero-order valence-electron chi connectivity index (χ0n) is 11.5. The van der Waals surface area contributed by atoms with Gasteiger partial charge in [-0.05, 0) is 35.2 Å². The molecule has 5 atom stereocenters. The molecule has 0 saturated heterocycles. The minimum Gasteiger partial charge on any atom is -0.395 e. The van der Waals surface area contributed by atoms with Crippen molar-refractivity contribution >= 4 is 0 Å². The number of hydrogen-bond donors (Lipinski definition) is 3. The summed E-state index contributed by atoms with van der Waals surface area (Å²) in [7, 11) is 0. The quantitative estimate of drug-likeness (QED) is 0.650. The van der Waals surface area contributed by atoms with Crippen LogP contribution in [0.2, 0.25) is 0 Å². The highest BCUT2D eigenvalue weighted by atomic mass is 16.3. The summed E-state index contributed by atoms with van der Waals surface area (Å²) in [6, 6.07) is 0. The maximum absolute atomic E-state index is 10.5. The molecule has 0 unspecified atom stereocenters. The van der Waals surface area contributed by atoms with E-state index in [2.05, 4.69) is 26.8 Å². The average Bonchev–Trinajstić information content (AvgIpc) is 2.89. The van der Waals surface area contributed by atoms with Crippen molar-refractivity contribution in [1.29, 1.82) is 0 Å². The Balaban J connectivity index is 2.05. The maximum Gasteiger partial charge on any atom is 0.0656 e. The van der Waals surface area contributed by atoms with Crippen LogP contribution in [0.25, 0.3) is 0 Å². The molecule has 0 spiro atoms.